The number of hydrogen-bond donors (Lipinski definition) is 2. The van der Waals surface area contributed by atoms with Crippen molar-refractivity contribution in [2.45, 2.75) is 85.8 Å². The second-order valence-electron chi connectivity index (χ2n) is 11.9. The molecule has 1 heterocycles. The lowest BCUT2D eigenvalue weighted by Gasteiger charge is -2.37. The van der Waals surface area contributed by atoms with E-state index in [1.807, 2.05) is 29.2 Å². The van der Waals surface area contributed by atoms with Crippen LogP contribution in [0.15, 0.2) is 24.3 Å². The Kier molecular flexibility index (Phi) is 13.0. The fourth-order valence-electron chi connectivity index (χ4n) is 5.21. The molecule has 0 unspecified atom stereocenters. The average molecular weight is 534 g/mol. The van der Waals surface area contributed by atoms with Crippen LogP contribution in [0.5, 0.6) is 5.75 Å². The Labute approximate surface area is 229 Å². The molecular weight excluding hydrogens is 482 g/mol. The van der Waals surface area contributed by atoms with Crippen LogP contribution < -0.4 is 20.7 Å². The highest BCUT2D eigenvalue weighted by Gasteiger charge is 2.35. The highest BCUT2D eigenvalue weighted by Crippen LogP contribution is 2.37. The molecule has 38 heavy (non-hydrogen) atoms. The average Bonchev–Trinajstić information content (AvgIpc) is 2.86. The van der Waals surface area contributed by atoms with Gasteiger partial charge in [-0.3, -0.25) is 9.59 Å². The molecule has 0 aliphatic carbocycles. The molecule has 4 atom stereocenters. The number of rotatable bonds is 16. The zero-order chi connectivity index (χ0) is 28.3. The topological polar surface area (TPSA) is 103 Å². The normalized spacial score (nSPS) is 17.9. The van der Waals surface area contributed by atoms with Crippen molar-refractivity contribution in [2.75, 3.05) is 38.5 Å². The van der Waals surface area contributed by atoms with Crippen LogP contribution in [0.25, 0.3) is 0 Å². The Morgan fingerprint density at radius 1 is 1.24 bits per heavy atom. The minimum Gasteiger partial charge on any atom is -0.484 e. The Morgan fingerprint density at radius 2 is 1.95 bits per heavy atom. The number of hydrogen-bond acceptors (Lipinski definition) is 6. The van der Waals surface area contributed by atoms with E-state index in [9.17, 15) is 9.59 Å². The fourth-order valence-corrected chi connectivity index (χ4v) is 5.21. The number of para-hydroxylation sites is 2. The van der Waals surface area contributed by atoms with E-state index in [2.05, 4.69) is 46.9 Å². The van der Waals surface area contributed by atoms with Crippen molar-refractivity contribution in [2.24, 2.45) is 28.9 Å². The maximum Gasteiger partial charge on any atom is 0.227 e. The van der Waals surface area contributed by atoms with Crippen LogP contribution in [0.4, 0.5) is 5.69 Å². The van der Waals surface area contributed by atoms with Crippen LogP contribution in [0.3, 0.4) is 0 Å². The molecule has 8 nitrogen and oxygen atoms in total. The second-order valence-corrected chi connectivity index (χ2v) is 11.9. The summed E-state index contributed by atoms with van der Waals surface area (Å²) in [6.07, 6.45) is 3.58. The van der Waals surface area contributed by atoms with Gasteiger partial charge in [0, 0.05) is 32.0 Å². The molecule has 1 aliphatic heterocycles. The van der Waals surface area contributed by atoms with E-state index in [1.54, 1.807) is 7.11 Å². The van der Waals surface area contributed by atoms with Gasteiger partial charge in [-0.05, 0) is 48.6 Å². The van der Waals surface area contributed by atoms with E-state index in [-0.39, 0.29) is 53.9 Å². The summed E-state index contributed by atoms with van der Waals surface area (Å²) < 4.78 is 16.6. The zero-order valence-electron chi connectivity index (χ0n) is 24.6. The summed E-state index contributed by atoms with van der Waals surface area (Å²) in [5.41, 5.74) is 7.18. The molecule has 1 aliphatic rings. The molecule has 0 fully saturated rings. The third kappa shape index (κ3) is 9.86. The van der Waals surface area contributed by atoms with E-state index in [0.717, 1.165) is 24.9 Å². The van der Waals surface area contributed by atoms with Crippen LogP contribution >= 0.6 is 0 Å². The molecule has 1 aromatic carbocycles. The quantitative estimate of drug-likeness (QED) is 0.235. The molecule has 3 N–H and O–H groups in total. The number of unbranched alkanes of at least 4 members (excludes halogenated alkanes) is 1. The van der Waals surface area contributed by atoms with Crippen LogP contribution in [0.1, 0.15) is 73.6 Å². The molecule has 0 aromatic heterocycles. The number of nitrogens with zero attached hydrogens (tertiary/aromatic N) is 1. The fraction of sp³-hybridized carbons (Fsp3) is 0.733. The lowest BCUT2D eigenvalue weighted by Crippen LogP contribution is -2.47. The van der Waals surface area contributed by atoms with Crippen molar-refractivity contribution < 1.29 is 23.8 Å². The van der Waals surface area contributed by atoms with E-state index in [4.69, 9.17) is 19.9 Å². The predicted molar refractivity (Wildman–Crippen MR) is 152 cm³/mol. The molecule has 2 amide bonds. The maximum absolute atomic E-state index is 13.6. The molecular formula is C30H51N3O5. The SMILES string of the molecule is CCCCNC(=O)[C@@H](C[C@H](N)[C@@H](C)CC(C)(C)CC(=O)N1C[C@H](COCOC)Oc2ccccc21)C(C)C. The molecule has 0 saturated carbocycles. The van der Waals surface area contributed by atoms with Gasteiger partial charge in [-0.2, -0.15) is 0 Å². The summed E-state index contributed by atoms with van der Waals surface area (Å²) in [4.78, 5) is 28.2. The van der Waals surface area contributed by atoms with Gasteiger partial charge < -0.3 is 30.2 Å². The molecule has 0 spiro atoms. The first-order valence-corrected chi connectivity index (χ1v) is 14.1. The second kappa shape index (κ2) is 15.4. The Hall–Kier alpha value is -2.16. The lowest BCUT2D eigenvalue weighted by atomic mass is 9.75. The van der Waals surface area contributed by atoms with Crippen LogP contribution in [0, 0.1) is 23.2 Å². The van der Waals surface area contributed by atoms with Gasteiger partial charge in [0.15, 0.2) is 0 Å². The first kappa shape index (κ1) is 32.1. The molecule has 216 valence electrons. The first-order valence-electron chi connectivity index (χ1n) is 14.1. The van der Waals surface area contributed by atoms with E-state index >= 15 is 0 Å². The molecule has 0 saturated heterocycles. The number of carbonyl (C=O) groups excluding carboxylic acids is 2. The number of amides is 2. The summed E-state index contributed by atoms with van der Waals surface area (Å²) in [6.45, 7) is 14.3. The molecule has 0 radical (unpaired) electrons. The van der Waals surface area contributed by atoms with Gasteiger partial charge >= 0.3 is 0 Å². The summed E-state index contributed by atoms with van der Waals surface area (Å²) in [6, 6.07) is 7.50. The van der Waals surface area contributed by atoms with Gasteiger partial charge in [0.2, 0.25) is 11.8 Å². The van der Waals surface area contributed by atoms with Crippen molar-refractivity contribution in [3.8, 4) is 5.75 Å². The maximum atomic E-state index is 13.6. The van der Waals surface area contributed by atoms with Crippen LogP contribution in [0.2, 0.25) is 0 Å². The van der Waals surface area contributed by atoms with Gasteiger partial charge in [0.05, 0.1) is 18.8 Å². The highest BCUT2D eigenvalue weighted by atomic mass is 16.7. The van der Waals surface area contributed by atoms with Crippen molar-refractivity contribution in [1.82, 2.24) is 5.32 Å². The zero-order valence-corrected chi connectivity index (χ0v) is 24.6. The van der Waals surface area contributed by atoms with Crippen molar-refractivity contribution in [1.29, 1.82) is 0 Å². The molecule has 1 aromatic rings. The third-order valence-electron chi connectivity index (χ3n) is 7.37. The van der Waals surface area contributed by atoms with Gasteiger partial charge in [-0.1, -0.05) is 60.1 Å². The van der Waals surface area contributed by atoms with Crippen molar-refractivity contribution in [3.63, 3.8) is 0 Å². The van der Waals surface area contributed by atoms with Gasteiger partial charge in [0.25, 0.3) is 0 Å². The summed E-state index contributed by atoms with van der Waals surface area (Å²) in [7, 11) is 1.58. The summed E-state index contributed by atoms with van der Waals surface area (Å²) in [5, 5.41) is 3.08. The Balaban J connectivity index is 2.01. The molecule has 0 bridgehead atoms. The lowest BCUT2D eigenvalue weighted by molar-refractivity contribution is -0.126. The van der Waals surface area contributed by atoms with Gasteiger partial charge in [-0.15, -0.1) is 0 Å². The predicted octanol–water partition coefficient (Wildman–Crippen LogP) is 4.75. The van der Waals surface area contributed by atoms with E-state index < -0.39 is 0 Å². The van der Waals surface area contributed by atoms with Gasteiger partial charge in [-0.25, -0.2) is 0 Å². The Morgan fingerprint density at radius 3 is 2.61 bits per heavy atom. The minimum absolute atomic E-state index is 0.0543. The standard InChI is InChI=1S/C30H51N3O5/c1-8-9-14-32-29(35)24(21(2)3)15-25(31)22(4)16-30(5,6)17-28(34)33-18-23(19-37-20-36-7)38-27-13-11-10-12-26(27)33/h10-13,21-25H,8-9,14-20,31H2,1-7H3,(H,32,35)/t22-,23+,24-,25-/m0/s1. The number of nitrogens with two attached hydrogens (primary N) is 1. The van der Waals surface area contributed by atoms with Crippen LogP contribution in [-0.2, 0) is 19.1 Å². The third-order valence-corrected chi connectivity index (χ3v) is 7.37. The summed E-state index contributed by atoms with van der Waals surface area (Å²) in [5.74, 6) is 1.10. The molecule has 2 rings (SSSR count). The number of nitrogens with one attached hydrogen (secondary N) is 1. The first-order chi connectivity index (χ1) is 18.0. The van der Waals surface area contributed by atoms with Crippen molar-refractivity contribution in [3.05, 3.63) is 24.3 Å². The number of anilines is 1. The van der Waals surface area contributed by atoms with Crippen LogP contribution in [-0.4, -0.2) is 57.6 Å². The monoisotopic (exact) mass is 533 g/mol. The summed E-state index contributed by atoms with van der Waals surface area (Å²) >= 11 is 0. The van der Waals surface area contributed by atoms with Gasteiger partial charge in [0.1, 0.15) is 18.6 Å². The Bertz CT molecular complexity index is 875. The number of fused-ring (bicyclic) bond motifs is 1. The largest absolute Gasteiger partial charge is 0.484 e. The highest BCUT2D eigenvalue weighted by molar-refractivity contribution is 5.95. The van der Waals surface area contributed by atoms with E-state index in [1.165, 1.54) is 0 Å². The number of ether oxygens (including phenoxy) is 3. The molecule has 8 heteroatoms. The van der Waals surface area contributed by atoms with Crippen molar-refractivity contribution >= 4 is 17.5 Å². The number of carbonyl (C=O) groups is 2. The smallest absolute Gasteiger partial charge is 0.227 e. The minimum atomic E-state index is -0.268. The number of methoxy groups -OCH3 is 1. The number of benzene rings is 1. The van der Waals surface area contributed by atoms with E-state index in [0.29, 0.717) is 38.3 Å².